The molecule has 0 aliphatic carbocycles. The van der Waals surface area contributed by atoms with Crippen LogP contribution in [0.15, 0.2) is 12.3 Å². The maximum absolute atomic E-state index is 5.85. The predicted octanol–water partition coefficient (Wildman–Crippen LogP) is 1.66. The number of piperidine rings is 1. The van der Waals surface area contributed by atoms with Gasteiger partial charge >= 0.3 is 0 Å². The molecule has 1 aromatic rings. The Balaban J connectivity index is 2.05. The topological polar surface area (TPSA) is 60.6 Å². The predicted molar refractivity (Wildman–Crippen MR) is 79.0 cm³/mol. The molecule has 20 heavy (non-hydrogen) atoms. The zero-order valence-electron chi connectivity index (χ0n) is 12.7. The van der Waals surface area contributed by atoms with Crippen molar-refractivity contribution in [3.63, 3.8) is 0 Å². The second kappa shape index (κ2) is 6.41. The van der Waals surface area contributed by atoms with Gasteiger partial charge in [0.05, 0.1) is 14.2 Å². The molecule has 0 bridgehead atoms. The second-order valence-corrected chi connectivity index (χ2v) is 5.78. The first-order valence-corrected chi connectivity index (χ1v) is 7.10. The van der Waals surface area contributed by atoms with Gasteiger partial charge in [0, 0.05) is 18.8 Å². The van der Waals surface area contributed by atoms with E-state index in [0.29, 0.717) is 5.41 Å². The van der Waals surface area contributed by atoms with Gasteiger partial charge in [-0.05, 0) is 37.9 Å². The summed E-state index contributed by atoms with van der Waals surface area (Å²) in [6.45, 7) is 5.93. The van der Waals surface area contributed by atoms with E-state index in [1.54, 1.807) is 20.4 Å². The summed E-state index contributed by atoms with van der Waals surface area (Å²) in [5, 5.41) is 0. The molecule has 2 heterocycles. The SMILES string of the molecule is COc1ccnc(CN2CCC(C)(CN)CC2)c1OC. The summed E-state index contributed by atoms with van der Waals surface area (Å²) in [6, 6.07) is 1.82. The van der Waals surface area contributed by atoms with Gasteiger partial charge in [-0.1, -0.05) is 6.92 Å². The van der Waals surface area contributed by atoms with Gasteiger partial charge in [-0.3, -0.25) is 9.88 Å². The van der Waals surface area contributed by atoms with Crippen molar-refractivity contribution in [2.45, 2.75) is 26.3 Å². The minimum absolute atomic E-state index is 0.294. The van der Waals surface area contributed by atoms with Gasteiger partial charge in [-0.25, -0.2) is 0 Å². The lowest BCUT2D eigenvalue weighted by atomic mass is 9.80. The Kier molecular flexibility index (Phi) is 4.83. The molecule has 0 aromatic carbocycles. The van der Waals surface area contributed by atoms with Gasteiger partial charge in [-0.15, -0.1) is 0 Å². The molecule has 1 aliphatic rings. The largest absolute Gasteiger partial charge is 0.493 e. The number of rotatable bonds is 5. The molecule has 5 nitrogen and oxygen atoms in total. The fourth-order valence-corrected chi connectivity index (χ4v) is 2.63. The van der Waals surface area contributed by atoms with Crippen LogP contribution >= 0.6 is 0 Å². The molecular weight excluding hydrogens is 254 g/mol. The van der Waals surface area contributed by atoms with Crippen molar-refractivity contribution >= 4 is 0 Å². The Hall–Kier alpha value is -1.33. The van der Waals surface area contributed by atoms with Crippen LogP contribution in [0, 0.1) is 5.41 Å². The van der Waals surface area contributed by atoms with E-state index in [1.165, 1.54) is 0 Å². The molecular formula is C15H25N3O2. The minimum atomic E-state index is 0.294. The van der Waals surface area contributed by atoms with E-state index < -0.39 is 0 Å². The van der Waals surface area contributed by atoms with Crippen molar-refractivity contribution in [2.75, 3.05) is 33.9 Å². The highest BCUT2D eigenvalue weighted by molar-refractivity contribution is 5.42. The smallest absolute Gasteiger partial charge is 0.183 e. The third kappa shape index (κ3) is 3.22. The lowest BCUT2D eigenvalue weighted by molar-refractivity contribution is 0.117. The van der Waals surface area contributed by atoms with Crippen molar-refractivity contribution in [1.29, 1.82) is 0 Å². The first-order chi connectivity index (χ1) is 9.61. The van der Waals surface area contributed by atoms with Crippen LogP contribution < -0.4 is 15.2 Å². The fraction of sp³-hybridized carbons (Fsp3) is 0.667. The molecule has 1 fully saturated rings. The molecule has 5 heteroatoms. The molecule has 112 valence electrons. The number of nitrogens with zero attached hydrogens (tertiary/aromatic N) is 2. The van der Waals surface area contributed by atoms with Gasteiger partial charge in [-0.2, -0.15) is 0 Å². The maximum Gasteiger partial charge on any atom is 0.183 e. The van der Waals surface area contributed by atoms with Crippen LogP contribution in [0.4, 0.5) is 0 Å². The molecule has 1 saturated heterocycles. The molecule has 0 amide bonds. The lowest BCUT2D eigenvalue weighted by Crippen LogP contribution is -2.41. The van der Waals surface area contributed by atoms with Gasteiger partial charge < -0.3 is 15.2 Å². The van der Waals surface area contributed by atoms with Crippen LogP contribution in [0.1, 0.15) is 25.5 Å². The van der Waals surface area contributed by atoms with Crippen LogP contribution in [0.5, 0.6) is 11.5 Å². The Bertz CT molecular complexity index is 443. The van der Waals surface area contributed by atoms with E-state index in [2.05, 4.69) is 16.8 Å². The number of ether oxygens (including phenoxy) is 2. The third-order valence-electron chi connectivity index (χ3n) is 4.30. The Morgan fingerprint density at radius 3 is 2.55 bits per heavy atom. The van der Waals surface area contributed by atoms with Gasteiger partial charge in [0.15, 0.2) is 11.5 Å². The summed E-state index contributed by atoms with van der Waals surface area (Å²) in [4.78, 5) is 6.84. The number of aromatic nitrogens is 1. The van der Waals surface area contributed by atoms with Crippen molar-refractivity contribution < 1.29 is 9.47 Å². The molecule has 2 N–H and O–H groups in total. The van der Waals surface area contributed by atoms with Crippen molar-refractivity contribution in [3.05, 3.63) is 18.0 Å². The Morgan fingerprint density at radius 2 is 2.00 bits per heavy atom. The Labute approximate surface area is 121 Å². The van der Waals surface area contributed by atoms with Crippen molar-refractivity contribution in [3.8, 4) is 11.5 Å². The lowest BCUT2D eigenvalue weighted by Gasteiger charge is -2.38. The normalized spacial score (nSPS) is 18.8. The first kappa shape index (κ1) is 15.1. The molecule has 0 atom stereocenters. The summed E-state index contributed by atoms with van der Waals surface area (Å²) in [7, 11) is 3.31. The Morgan fingerprint density at radius 1 is 1.30 bits per heavy atom. The van der Waals surface area contributed by atoms with Crippen molar-refractivity contribution in [2.24, 2.45) is 11.1 Å². The molecule has 0 saturated carbocycles. The standard InChI is InChI=1S/C15H25N3O2/c1-15(11-16)5-8-18(9-6-15)10-12-14(20-3)13(19-2)4-7-17-12/h4,7H,5-6,8-11,16H2,1-3H3. The highest BCUT2D eigenvalue weighted by Gasteiger charge is 2.29. The summed E-state index contributed by atoms with van der Waals surface area (Å²) in [5.74, 6) is 1.48. The quantitative estimate of drug-likeness (QED) is 0.888. The highest BCUT2D eigenvalue weighted by atomic mass is 16.5. The zero-order valence-corrected chi connectivity index (χ0v) is 12.7. The number of likely N-dealkylation sites (tertiary alicyclic amines) is 1. The monoisotopic (exact) mass is 279 g/mol. The maximum atomic E-state index is 5.85. The number of hydrogen-bond donors (Lipinski definition) is 1. The molecule has 0 unspecified atom stereocenters. The average molecular weight is 279 g/mol. The van der Waals surface area contributed by atoms with Crippen LogP contribution in [-0.4, -0.2) is 43.7 Å². The van der Waals surface area contributed by atoms with E-state index in [0.717, 1.165) is 56.2 Å². The number of pyridine rings is 1. The van der Waals surface area contributed by atoms with E-state index in [4.69, 9.17) is 15.2 Å². The first-order valence-electron chi connectivity index (χ1n) is 7.10. The number of nitrogens with two attached hydrogens (primary N) is 1. The number of methoxy groups -OCH3 is 2. The molecule has 1 aliphatic heterocycles. The van der Waals surface area contributed by atoms with E-state index >= 15 is 0 Å². The molecule has 1 aromatic heterocycles. The van der Waals surface area contributed by atoms with Gasteiger partial charge in [0.1, 0.15) is 5.69 Å². The average Bonchev–Trinajstić information content (AvgIpc) is 2.49. The van der Waals surface area contributed by atoms with Crippen LogP contribution in [0.2, 0.25) is 0 Å². The fourth-order valence-electron chi connectivity index (χ4n) is 2.63. The number of hydrogen-bond acceptors (Lipinski definition) is 5. The van der Waals surface area contributed by atoms with Crippen LogP contribution in [0.3, 0.4) is 0 Å². The summed E-state index contributed by atoms with van der Waals surface area (Å²) in [6.07, 6.45) is 4.04. The van der Waals surface area contributed by atoms with E-state index in [9.17, 15) is 0 Å². The van der Waals surface area contributed by atoms with Crippen LogP contribution in [0.25, 0.3) is 0 Å². The third-order valence-corrected chi connectivity index (χ3v) is 4.30. The van der Waals surface area contributed by atoms with Gasteiger partial charge in [0.25, 0.3) is 0 Å². The zero-order chi connectivity index (χ0) is 14.6. The van der Waals surface area contributed by atoms with Gasteiger partial charge in [0.2, 0.25) is 0 Å². The molecule has 0 spiro atoms. The molecule has 0 radical (unpaired) electrons. The molecule has 2 rings (SSSR count). The summed E-state index contributed by atoms with van der Waals surface area (Å²) < 4.78 is 10.8. The van der Waals surface area contributed by atoms with Crippen molar-refractivity contribution in [1.82, 2.24) is 9.88 Å². The van der Waals surface area contributed by atoms with Crippen LogP contribution in [-0.2, 0) is 6.54 Å². The van der Waals surface area contributed by atoms with E-state index in [-0.39, 0.29) is 0 Å². The summed E-state index contributed by atoms with van der Waals surface area (Å²) in [5.41, 5.74) is 7.08. The highest BCUT2D eigenvalue weighted by Crippen LogP contribution is 2.33. The van der Waals surface area contributed by atoms with E-state index in [1.807, 2.05) is 6.07 Å². The minimum Gasteiger partial charge on any atom is -0.493 e. The summed E-state index contributed by atoms with van der Waals surface area (Å²) >= 11 is 0. The second-order valence-electron chi connectivity index (χ2n) is 5.78.